The van der Waals surface area contributed by atoms with Crippen molar-refractivity contribution in [1.29, 1.82) is 0 Å². The van der Waals surface area contributed by atoms with Gasteiger partial charge < -0.3 is 15.4 Å². The van der Waals surface area contributed by atoms with Gasteiger partial charge in [0.1, 0.15) is 0 Å². The molecule has 1 aliphatic heterocycles. The molecule has 1 saturated heterocycles. The summed E-state index contributed by atoms with van der Waals surface area (Å²) < 4.78 is 18.2. The predicted molar refractivity (Wildman–Crippen MR) is 73.5 cm³/mol. The van der Waals surface area contributed by atoms with Gasteiger partial charge in [-0.1, -0.05) is 0 Å². The minimum atomic E-state index is -0.521. The van der Waals surface area contributed by atoms with Crippen molar-refractivity contribution < 1.29 is 13.9 Å². The van der Waals surface area contributed by atoms with E-state index in [1.807, 2.05) is 0 Å². The van der Waals surface area contributed by atoms with Crippen molar-refractivity contribution in [3.8, 4) is 5.75 Å². The van der Waals surface area contributed by atoms with Gasteiger partial charge in [-0.05, 0) is 43.6 Å². The maximum Gasteiger partial charge on any atom is 0.251 e. The van der Waals surface area contributed by atoms with Crippen molar-refractivity contribution in [2.75, 3.05) is 26.7 Å². The van der Waals surface area contributed by atoms with Crippen molar-refractivity contribution >= 4 is 18.3 Å². The molecule has 0 radical (unpaired) electrons. The molecule has 106 valence electrons. The third-order valence-corrected chi connectivity index (χ3v) is 3.13. The molecule has 1 aromatic rings. The third-order valence-electron chi connectivity index (χ3n) is 3.13. The van der Waals surface area contributed by atoms with E-state index in [-0.39, 0.29) is 24.1 Å². The SMILES string of the molecule is COc1ccc(C(=O)NCC2CCNC2)cc1F.Cl. The molecule has 1 fully saturated rings. The van der Waals surface area contributed by atoms with Crippen LogP contribution >= 0.6 is 12.4 Å². The summed E-state index contributed by atoms with van der Waals surface area (Å²) in [5, 5.41) is 6.05. The average molecular weight is 289 g/mol. The van der Waals surface area contributed by atoms with E-state index in [0.717, 1.165) is 19.5 Å². The van der Waals surface area contributed by atoms with Crippen LogP contribution in [0.1, 0.15) is 16.8 Å². The number of hydrogen-bond acceptors (Lipinski definition) is 3. The Hall–Kier alpha value is -1.33. The second-order valence-corrected chi connectivity index (χ2v) is 4.42. The normalized spacial score (nSPS) is 17.7. The molecule has 4 nitrogen and oxygen atoms in total. The molecule has 1 aromatic carbocycles. The van der Waals surface area contributed by atoms with E-state index < -0.39 is 5.82 Å². The molecule has 0 aromatic heterocycles. The number of hydrogen-bond donors (Lipinski definition) is 2. The molecule has 19 heavy (non-hydrogen) atoms. The molecule has 2 rings (SSSR count). The van der Waals surface area contributed by atoms with Crippen molar-refractivity contribution in [2.24, 2.45) is 5.92 Å². The first-order valence-corrected chi connectivity index (χ1v) is 6.03. The lowest BCUT2D eigenvalue weighted by Crippen LogP contribution is -2.30. The lowest BCUT2D eigenvalue weighted by molar-refractivity contribution is 0.0947. The molecule has 1 amide bonds. The maximum absolute atomic E-state index is 13.4. The van der Waals surface area contributed by atoms with Gasteiger partial charge in [0.05, 0.1) is 7.11 Å². The average Bonchev–Trinajstić information content (AvgIpc) is 2.89. The summed E-state index contributed by atoms with van der Waals surface area (Å²) in [7, 11) is 1.39. The summed E-state index contributed by atoms with van der Waals surface area (Å²) in [5.41, 5.74) is 0.319. The van der Waals surface area contributed by atoms with Gasteiger partial charge in [0.15, 0.2) is 11.6 Å². The van der Waals surface area contributed by atoms with Gasteiger partial charge in [0.25, 0.3) is 5.91 Å². The first kappa shape index (κ1) is 15.7. The predicted octanol–water partition coefficient (Wildman–Crippen LogP) is 1.60. The molecule has 0 saturated carbocycles. The van der Waals surface area contributed by atoms with Gasteiger partial charge >= 0.3 is 0 Å². The Balaban J connectivity index is 0.00000180. The zero-order valence-electron chi connectivity index (χ0n) is 10.7. The molecule has 0 bridgehead atoms. The molecule has 1 aliphatic rings. The summed E-state index contributed by atoms with van der Waals surface area (Å²) in [6.45, 7) is 2.55. The van der Waals surface area contributed by atoms with Gasteiger partial charge in [-0.25, -0.2) is 4.39 Å². The van der Waals surface area contributed by atoms with Gasteiger partial charge in [-0.3, -0.25) is 4.79 Å². The fourth-order valence-electron chi connectivity index (χ4n) is 2.04. The topological polar surface area (TPSA) is 50.4 Å². The van der Waals surface area contributed by atoms with Crippen molar-refractivity contribution in [1.82, 2.24) is 10.6 Å². The van der Waals surface area contributed by atoms with Gasteiger partial charge in [-0.2, -0.15) is 0 Å². The van der Waals surface area contributed by atoms with E-state index in [2.05, 4.69) is 10.6 Å². The second kappa shape index (κ2) is 7.31. The Bertz CT molecular complexity index is 437. The number of nitrogens with one attached hydrogen (secondary N) is 2. The molecule has 2 N–H and O–H groups in total. The zero-order valence-corrected chi connectivity index (χ0v) is 11.6. The number of rotatable bonds is 4. The van der Waals surface area contributed by atoms with Gasteiger partial charge in [-0.15, -0.1) is 12.4 Å². The van der Waals surface area contributed by atoms with Gasteiger partial charge in [0.2, 0.25) is 0 Å². The van der Waals surface area contributed by atoms with Crippen LogP contribution in [0.3, 0.4) is 0 Å². The highest BCUT2D eigenvalue weighted by atomic mass is 35.5. The van der Waals surface area contributed by atoms with E-state index in [1.165, 1.54) is 19.2 Å². The number of ether oxygens (including phenoxy) is 1. The summed E-state index contributed by atoms with van der Waals surface area (Å²) in [4.78, 5) is 11.8. The summed E-state index contributed by atoms with van der Waals surface area (Å²) in [5.74, 6) is -0.153. The number of amides is 1. The molecular formula is C13H18ClFN2O2. The molecule has 1 heterocycles. The van der Waals surface area contributed by atoms with Gasteiger partial charge in [0, 0.05) is 12.1 Å². The highest BCUT2D eigenvalue weighted by molar-refractivity contribution is 5.94. The monoisotopic (exact) mass is 288 g/mol. The lowest BCUT2D eigenvalue weighted by Gasteiger charge is -2.10. The molecule has 6 heteroatoms. The lowest BCUT2D eigenvalue weighted by atomic mass is 10.1. The summed E-state index contributed by atoms with van der Waals surface area (Å²) >= 11 is 0. The van der Waals surface area contributed by atoms with Crippen LogP contribution in [0.15, 0.2) is 18.2 Å². The quantitative estimate of drug-likeness (QED) is 0.885. The first-order valence-electron chi connectivity index (χ1n) is 6.03. The summed E-state index contributed by atoms with van der Waals surface area (Å²) in [6.07, 6.45) is 1.07. The maximum atomic E-state index is 13.4. The van der Waals surface area contributed by atoms with Crippen LogP contribution in [0.2, 0.25) is 0 Å². The molecular weight excluding hydrogens is 271 g/mol. The molecule has 0 aliphatic carbocycles. The Morgan fingerprint density at radius 3 is 2.95 bits per heavy atom. The van der Waals surface area contributed by atoms with Crippen LogP contribution in [0.4, 0.5) is 4.39 Å². The fraction of sp³-hybridized carbons (Fsp3) is 0.462. The standard InChI is InChI=1S/C13H17FN2O2.ClH/c1-18-12-3-2-10(6-11(12)14)13(17)16-8-9-4-5-15-7-9;/h2-3,6,9,15H,4-5,7-8H2,1H3,(H,16,17);1H. The highest BCUT2D eigenvalue weighted by Gasteiger charge is 2.16. The van der Waals surface area contributed by atoms with E-state index in [4.69, 9.17) is 4.74 Å². The van der Waals surface area contributed by atoms with Crippen LogP contribution in [-0.2, 0) is 0 Å². The van der Waals surface area contributed by atoms with E-state index in [1.54, 1.807) is 6.07 Å². The Morgan fingerprint density at radius 1 is 1.58 bits per heavy atom. The van der Waals surface area contributed by atoms with Crippen molar-refractivity contribution in [3.05, 3.63) is 29.6 Å². The van der Waals surface area contributed by atoms with E-state index in [0.29, 0.717) is 18.0 Å². The smallest absolute Gasteiger partial charge is 0.251 e. The van der Waals surface area contributed by atoms with Crippen LogP contribution in [0.5, 0.6) is 5.75 Å². The minimum absolute atomic E-state index is 0. The van der Waals surface area contributed by atoms with Crippen molar-refractivity contribution in [2.45, 2.75) is 6.42 Å². The van der Waals surface area contributed by atoms with Crippen LogP contribution < -0.4 is 15.4 Å². The Kier molecular flexibility index (Phi) is 6.05. The molecule has 1 atom stereocenters. The van der Waals surface area contributed by atoms with Crippen molar-refractivity contribution in [3.63, 3.8) is 0 Å². The number of benzene rings is 1. The number of carbonyl (C=O) groups is 1. The first-order chi connectivity index (χ1) is 8.70. The highest BCUT2D eigenvalue weighted by Crippen LogP contribution is 2.17. The van der Waals surface area contributed by atoms with Crippen LogP contribution in [0.25, 0.3) is 0 Å². The fourth-order valence-corrected chi connectivity index (χ4v) is 2.04. The second-order valence-electron chi connectivity index (χ2n) is 4.42. The summed E-state index contributed by atoms with van der Waals surface area (Å²) in [6, 6.07) is 4.21. The van der Waals surface area contributed by atoms with E-state index >= 15 is 0 Å². The van der Waals surface area contributed by atoms with Crippen LogP contribution in [-0.4, -0.2) is 32.7 Å². The number of halogens is 2. The molecule has 0 spiro atoms. The zero-order chi connectivity index (χ0) is 13.0. The Morgan fingerprint density at radius 2 is 2.37 bits per heavy atom. The Labute approximate surface area is 118 Å². The number of carbonyl (C=O) groups excluding carboxylic acids is 1. The van der Waals surface area contributed by atoms with Crippen LogP contribution in [0, 0.1) is 11.7 Å². The third kappa shape index (κ3) is 4.08. The number of methoxy groups -OCH3 is 1. The largest absolute Gasteiger partial charge is 0.494 e. The minimum Gasteiger partial charge on any atom is -0.494 e. The van der Waals surface area contributed by atoms with E-state index in [9.17, 15) is 9.18 Å². The molecule has 1 unspecified atom stereocenters.